The molecule has 6 nitrogen and oxygen atoms in total. The van der Waals surface area contributed by atoms with E-state index in [9.17, 15) is 8.42 Å². The number of hydrogen-bond donors (Lipinski definition) is 0. The van der Waals surface area contributed by atoms with Gasteiger partial charge in [0.2, 0.25) is 10.0 Å². The normalized spacial score (nSPS) is 16.6. The average molecular weight is 418 g/mol. The number of aromatic nitrogens is 1. The molecule has 0 radical (unpaired) electrons. The molecule has 1 aliphatic heterocycles. The zero-order valence-corrected chi connectivity index (χ0v) is 17.6. The third kappa shape index (κ3) is 3.53. The first kappa shape index (κ1) is 19.3. The van der Waals surface area contributed by atoms with Crippen molar-refractivity contribution in [2.75, 3.05) is 26.2 Å². The van der Waals surface area contributed by atoms with Crippen LogP contribution in [-0.4, -0.2) is 48.4 Å². The van der Waals surface area contributed by atoms with Gasteiger partial charge in [-0.05, 0) is 49.8 Å². The largest absolute Gasteiger partial charge is 0.429 e. The van der Waals surface area contributed by atoms with Crippen LogP contribution in [0.5, 0.6) is 0 Å². The van der Waals surface area contributed by atoms with Gasteiger partial charge in [0, 0.05) is 26.2 Å². The van der Waals surface area contributed by atoms with Crippen molar-refractivity contribution >= 4 is 33.3 Å². The molecule has 3 aromatic rings. The molecule has 2 aromatic carbocycles. The van der Waals surface area contributed by atoms with E-state index in [2.05, 4.69) is 4.90 Å². The molecule has 0 unspecified atom stereocenters. The van der Waals surface area contributed by atoms with Crippen LogP contribution >= 0.6 is 12.2 Å². The van der Waals surface area contributed by atoms with Gasteiger partial charge in [-0.15, -0.1) is 0 Å². The molecule has 0 amide bonds. The summed E-state index contributed by atoms with van der Waals surface area (Å²) >= 11 is 5.36. The standard InChI is InChI=1S/C20H23N3O3S2/c1-15-7-8-19(16(2)13-15)28(24,25)22-11-9-21(10-12-22)14-23-17-5-3-4-6-18(17)26-20(23)27/h3-8,13H,9-12,14H2,1-2H3. The van der Waals surface area contributed by atoms with Crippen molar-refractivity contribution < 1.29 is 12.8 Å². The molecule has 1 aliphatic rings. The van der Waals surface area contributed by atoms with Gasteiger partial charge in [-0.25, -0.2) is 8.42 Å². The number of aryl methyl sites for hydroxylation is 2. The van der Waals surface area contributed by atoms with Gasteiger partial charge in [0.15, 0.2) is 5.58 Å². The lowest BCUT2D eigenvalue weighted by molar-refractivity contribution is 0.151. The fourth-order valence-corrected chi connectivity index (χ4v) is 5.56. The first-order valence-corrected chi connectivity index (χ1v) is 11.1. The molecule has 2 heterocycles. The molecule has 0 bridgehead atoms. The van der Waals surface area contributed by atoms with Gasteiger partial charge in [-0.1, -0.05) is 29.8 Å². The molecule has 1 aromatic heterocycles. The Labute approximate surface area is 170 Å². The highest BCUT2D eigenvalue weighted by Gasteiger charge is 2.29. The number of oxazole rings is 1. The molecular weight excluding hydrogens is 394 g/mol. The van der Waals surface area contributed by atoms with Crippen molar-refractivity contribution in [3.63, 3.8) is 0 Å². The van der Waals surface area contributed by atoms with E-state index in [1.165, 1.54) is 0 Å². The zero-order valence-electron chi connectivity index (χ0n) is 16.0. The van der Waals surface area contributed by atoms with E-state index < -0.39 is 10.0 Å². The molecule has 0 N–H and O–H groups in total. The van der Waals surface area contributed by atoms with Crippen molar-refractivity contribution in [2.24, 2.45) is 0 Å². The van der Waals surface area contributed by atoms with Gasteiger partial charge in [-0.3, -0.25) is 9.47 Å². The number of piperazine rings is 1. The zero-order chi connectivity index (χ0) is 19.9. The second kappa shape index (κ2) is 7.44. The Bertz CT molecular complexity index is 1170. The number of sulfonamides is 1. The molecule has 0 aliphatic carbocycles. The molecular formula is C20H23N3O3S2. The van der Waals surface area contributed by atoms with E-state index in [0.29, 0.717) is 42.6 Å². The average Bonchev–Trinajstić information content (AvgIpc) is 2.97. The van der Waals surface area contributed by atoms with Crippen LogP contribution in [0.1, 0.15) is 11.1 Å². The highest BCUT2D eigenvalue weighted by atomic mass is 32.2. The van der Waals surface area contributed by atoms with Crippen molar-refractivity contribution in [1.29, 1.82) is 0 Å². The lowest BCUT2D eigenvalue weighted by atomic mass is 10.2. The molecule has 0 atom stereocenters. The molecule has 1 fully saturated rings. The minimum absolute atomic E-state index is 0.398. The Morgan fingerprint density at radius 1 is 1.04 bits per heavy atom. The van der Waals surface area contributed by atoms with Gasteiger partial charge < -0.3 is 4.42 Å². The first-order valence-electron chi connectivity index (χ1n) is 9.24. The van der Waals surface area contributed by atoms with Crippen LogP contribution in [0.4, 0.5) is 0 Å². The summed E-state index contributed by atoms with van der Waals surface area (Å²) in [7, 11) is -3.48. The molecule has 0 spiro atoms. The Balaban J connectivity index is 1.48. The highest BCUT2D eigenvalue weighted by Crippen LogP contribution is 2.23. The highest BCUT2D eigenvalue weighted by molar-refractivity contribution is 7.89. The van der Waals surface area contributed by atoms with Crippen molar-refractivity contribution in [2.45, 2.75) is 25.4 Å². The quantitative estimate of drug-likeness (QED) is 0.608. The van der Waals surface area contributed by atoms with Crippen LogP contribution < -0.4 is 0 Å². The summed E-state index contributed by atoms with van der Waals surface area (Å²) in [5, 5.41) is 0. The third-order valence-corrected chi connectivity index (χ3v) is 7.56. The Morgan fingerprint density at radius 3 is 2.46 bits per heavy atom. The summed E-state index contributed by atoms with van der Waals surface area (Å²) in [5.74, 6) is 0. The van der Waals surface area contributed by atoms with Gasteiger partial charge in [0.1, 0.15) is 0 Å². The fourth-order valence-electron chi connectivity index (χ4n) is 3.69. The molecule has 8 heteroatoms. The monoisotopic (exact) mass is 417 g/mol. The van der Waals surface area contributed by atoms with Gasteiger partial charge >= 0.3 is 0 Å². The van der Waals surface area contributed by atoms with E-state index in [1.54, 1.807) is 10.4 Å². The maximum Gasteiger partial charge on any atom is 0.270 e. The second-order valence-electron chi connectivity index (χ2n) is 7.20. The van der Waals surface area contributed by atoms with Crippen molar-refractivity contribution in [3.8, 4) is 0 Å². The number of para-hydroxylation sites is 2. The van der Waals surface area contributed by atoms with Crippen LogP contribution in [0.25, 0.3) is 11.1 Å². The van der Waals surface area contributed by atoms with Crippen LogP contribution in [0.2, 0.25) is 0 Å². The number of fused-ring (bicyclic) bond motifs is 1. The van der Waals surface area contributed by atoms with Crippen LogP contribution in [0.15, 0.2) is 51.8 Å². The third-order valence-electron chi connectivity index (χ3n) is 5.19. The Kier molecular flexibility index (Phi) is 5.13. The molecule has 4 rings (SSSR count). The van der Waals surface area contributed by atoms with E-state index in [4.69, 9.17) is 16.6 Å². The minimum atomic E-state index is -3.48. The minimum Gasteiger partial charge on any atom is -0.429 e. The van der Waals surface area contributed by atoms with E-state index in [1.807, 2.05) is 54.8 Å². The van der Waals surface area contributed by atoms with Crippen LogP contribution in [-0.2, 0) is 16.7 Å². The summed E-state index contributed by atoms with van der Waals surface area (Å²) < 4.78 is 35.3. The number of hydrogen-bond acceptors (Lipinski definition) is 5. The van der Waals surface area contributed by atoms with Gasteiger partial charge in [0.05, 0.1) is 17.1 Å². The van der Waals surface area contributed by atoms with Gasteiger partial charge in [-0.2, -0.15) is 4.31 Å². The topological polar surface area (TPSA) is 58.7 Å². The van der Waals surface area contributed by atoms with Crippen molar-refractivity contribution in [1.82, 2.24) is 13.8 Å². The summed E-state index contributed by atoms with van der Waals surface area (Å²) in [6, 6.07) is 13.2. The lowest BCUT2D eigenvalue weighted by Crippen LogP contribution is -2.48. The molecule has 0 saturated carbocycles. The first-order chi connectivity index (χ1) is 13.4. The van der Waals surface area contributed by atoms with Gasteiger partial charge in [0.25, 0.3) is 4.84 Å². The maximum atomic E-state index is 13.0. The predicted octanol–water partition coefficient (Wildman–Crippen LogP) is 3.54. The second-order valence-corrected chi connectivity index (χ2v) is 9.45. The SMILES string of the molecule is Cc1ccc(S(=O)(=O)N2CCN(Cn3c(=S)oc4ccccc43)CC2)c(C)c1. The maximum absolute atomic E-state index is 13.0. The molecule has 28 heavy (non-hydrogen) atoms. The van der Waals surface area contributed by atoms with E-state index in [-0.39, 0.29) is 0 Å². The number of nitrogens with zero attached hydrogens (tertiary/aromatic N) is 3. The smallest absolute Gasteiger partial charge is 0.270 e. The van der Waals surface area contributed by atoms with Crippen LogP contribution in [0.3, 0.4) is 0 Å². The Hall–Kier alpha value is -2.00. The van der Waals surface area contributed by atoms with E-state index in [0.717, 1.165) is 22.2 Å². The summed E-state index contributed by atoms with van der Waals surface area (Å²) in [4.78, 5) is 3.03. The number of rotatable bonds is 4. The fraction of sp³-hybridized carbons (Fsp3) is 0.350. The summed E-state index contributed by atoms with van der Waals surface area (Å²) in [6.07, 6.45) is 0. The summed E-state index contributed by atoms with van der Waals surface area (Å²) in [5.41, 5.74) is 3.57. The molecule has 148 valence electrons. The van der Waals surface area contributed by atoms with Crippen LogP contribution in [0, 0.1) is 18.7 Å². The van der Waals surface area contributed by atoms with Crippen molar-refractivity contribution in [3.05, 3.63) is 58.4 Å². The predicted molar refractivity (Wildman–Crippen MR) is 111 cm³/mol. The van der Waals surface area contributed by atoms with E-state index >= 15 is 0 Å². The summed E-state index contributed by atoms with van der Waals surface area (Å²) in [6.45, 7) is 6.61. The number of benzene rings is 2. The Morgan fingerprint density at radius 2 is 1.75 bits per heavy atom. The molecule has 1 saturated heterocycles. The lowest BCUT2D eigenvalue weighted by Gasteiger charge is -2.34.